The summed E-state index contributed by atoms with van der Waals surface area (Å²) in [5.41, 5.74) is 2.38. The fraction of sp³-hybridized carbons (Fsp3) is 0.611. The van der Waals surface area contributed by atoms with Crippen molar-refractivity contribution in [1.82, 2.24) is 15.4 Å². The van der Waals surface area contributed by atoms with Crippen LogP contribution in [0.25, 0.3) is 0 Å². The van der Waals surface area contributed by atoms with Crippen molar-refractivity contribution in [2.24, 2.45) is 0 Å². The molecule has 1 aromatic rings. The molecule has 0 spiro atoms. The van der Waals surface area contributed by atoms with Crippen LogP contribution in [0.3, 0.4) is 0 Å². The zero-order valence-electron chi connectivity index (χ0n) is 15.1. The summed E-state index contributed by atoms with van der Waals surface area (Å²) in [6, 6.07) is 5.54. The highest BCUT2D eigenvalue weighted by Gasteiger charge is 2.17. The minimum Gasteiger partial charge on any atom is -0.355 e. The summed E-state index contributed by atoms with van der Waals surface area (Å²) in [5, 5.41) is 6.00. The molecule has 2 rings (SSSR count). The van der Waals surface area contributed by atoms with Gasteiger partial charge in [0.2, 0.25) is 15.9 Å². The molecule has 0 heterocycles. The van der Waals surface area contributed by atoms with E-state index >= 15 is 0 Å². The average Bonchev–Trinajstić information content (AvgIpc) is 2.59. The van der Waals surface area contributed by atoms with Crippen molar-refractivity contribution >= 4 is 15.9 Å². The van der Waals surface area contributed by atoms with E-state index in [0.717, 1.165) is 31.4 Å². The van der Waals surface area contributed by atoms with Gasteiger partial charge < -0.3 is 10.6 Å². The highest BCUT2D eigenvalue weighted by molar-refractivity contribution is 7.89. The van der Waals surface area contributed by atoms with Crippen molar-refractivity contribution in [2.45, 2.75) is 56.9 Å². The lowest BCUT2D eigenvalue weighted by Gasteiger charge is -2.17. The van der Waals surface area contributed by atoms with Gasteiger partial charge in [-0.3, -0.25) is 4.79 Å². The Morgan fingerprint density at radius 2 is 1.92 bits per heavy atom. The predicted molar refractivity (Wildman–Crippen MR) is 99.0 cm³/mol. The van der Waals surface area contributed by atoms with E-state index in [1.165, 1.54) is 12.0 Å². The second kappa shape index (κ2) is 9.31. The van der Waals surface area contributed by atoms with E-state index in [-0.39, 0.29) is 29.8 Å². The van der Waals surface area contributed by atoms with Crippen molar-refractivity contribution in [3.63, 3.8) is 0 Å². The zero-order chi connectivity index (χ0) is 18.3. The van der Waals surface area contributed by atoms with Crippen LogP contribution in [-0.2, 0) is 27.7 Å². The van der Waals surface area contributed by atoms with Crippen LogP contribution in [0, 0.1) is 0 Å². The van der Waals surface area contributed by atoms with Crippen molar-refractivity contribution in [3.05, 3.63) is 29.3 Å². The molecule has 0 aliphatic heterocycles. The topological polar surface area (TPSA) is 87.3 Å². The number of amides is 1. The number of nitrogens with one attached hydrogen (secondary N) is 3. The number of benzene rings is 1. The fourth-order valence-electron chi connectivity index (χ4n) is 3.04. The molecular formula is C18H29N3O3S. The number of aryl methyl sites for hydroxylation is 2. The molecule has 1 amide bonds. The first-order valence-corrected chi connectivity index (χ1v) is 10.5. The van der Waals surface area contributed by atoms with Gasteiger partial charge in [-0.1, -0.05) is 13.0 Å². The first kappa shape index (κ1) is 19.9. The Balaban J connectivity index is 1.82. The largest absolute Gasteiger partial charge is 0.355 e. The quantitative estimate of drug-likeness (QED) is 0.615. The lowest BCUT2D eigenvalue weighted by Crippen LogP contribution is -2.39. The minimum absolute atomic E-state index is 0.0981. The molecule has 25 heavy (non-hydrogen) atoms. The molecule has 1 atom stereocenters. The van der Waals surface area contributed by atoms with E-state index in [1.807, 2.05) is 19.9 Å². The van der Waals surface area contributed by atoms with Crippen LogP contribution in [-0.4, -0.2) is 40.0 Å². The van der Waals surface area contributed by atoms with Crippen molar-refractivity contribution in [2.75, 3.05) is 19.6 Å². The molecule has 1 aliphatic rings. The van der Waals surface area contributed by atoms with E-state index in [2.05, 4.69) is 15.4 Å². The average molecular weight is 368 g/mol. The van der Waals surface area contributed by atoms with Gasteiger partial charge in [0.1, 0.15) is 0 Å². The van der Waals surface area contributed by atoms with Crippen LogP contribution in [0.15, 0.2) is 23.1 Å². The number of hydrogen-bond acceptors (Lipinski definition) is 4. The Morgan fingerprint density at radius 3 is 2.64 bits per heavy atom. The molecule has 0 fully saturated rings. The van der Waals surface area contributed by atoms with Crippen molar-refractivity contribution < 1.29 is 13.2 Å². The first-order valence-electron chi connectivity index (χ1n) is 9.04. The lowest BCUT2D eigenvalue weighted by atomic mass is 9.92. The summed E-state index contributed by atoms with van der Waals surface area (Å²) in [7, 11) is -3.57. The molecule has 140 valence electrons. The normalized spacial score (nSPS) is 15.4. The van der Waals surface area contributed by atoms with E-state index in [1.54, 1.807) is 12.1 Å². The van der Waals surface area contributed by atoms with Gasteiger partial charge in [0.15, 0.2) is 0 Å². The monoisotopic (exact) mass is 367 g/mol. The second-order valence-electron chi connectivity index (χ2n) is 6.55. The number of fused-ring (bicyclic) bond motifs is 1. The van der Waals surface area contributed by atoms with Crippen LogP contribution in [0.5, 0.6) is 0 Å². The number of likely N-dealkylation sites (N-methyl/N-ethyl adjacent to an activating group) is 1. The van der Waals surface area contributed by atoms with Gasteiger partial charge in [0.05, 0.1) is 4.90 Å². The molecule has 0 saturated heterocycles. The second-order valence-corrected chi connectivity index (χ2v) is 8.32. The molecule has 1 aromatic carbocycles. The molecule has 6 nitrogen and oxygen atoms in total. The molecule has 0 bridgehead atoms. The Hall–Kier alpha value is -1.44. The maximum absolute atomic E-state index is 12.4. The lowest BCUT2D eigenvalue weighted by molar-refractivity contribution is -0.121. The van der Waals surface area contributed by atoms with Crippen LogP contribution < -0.4 is 15.4 Å². The van der Waals surface area contributed by atoms with E-state index in [0.29, 0.717) is 6.54 Å². The maximum atomic E-state index is 12.4. The van der Waals surface area contributed by atoms with Crippen LogP contribution in [0.4, 0.5) is 0 Å². The third kappa shape index (κ3) is 6.09. The Bertz CT molecular complexity index is 689. The summed E-state index contributed by atoms with van der Waals surface area (Å²) >= 11 is 0. The third-order valence-corrected chi connectivity index (χ3v) is 5.89. The van der Waals surface area contributed by atoms with Gasteiger partial charge in [-0.25, -0.2) is 13.1 Å². The van der Waals surface area contributed by atoms with Gasteiger partial charge in [-0.15, -0.1) is 0 Å². The summed E-state index contributed by atoms with van der Waals surface area (Å²) in [5.74, 6) is -0.155. The number of hydrogen-bond donors (Lipinski definition) is 3. The molecule has 0 unspecified atom stereocenters. The highest BCUT2D eigenvalue weighted by atomic mass is 32.2. The summed E-state index contributed by atoms with van der Waals surface area (Å²) in [6.45, 7) is 5.47. The molecule has 0 radical (unpaired) electrons. The van der Waals surface area contributed by atoms with Crippen LogP contribution >= 0.6 is 0 Å². The molecule has 7 heteroatoms. The first-order chi connectivity index (χ1) is 11.9. The summed E-state index contributed by atoms with van der Waals surface area (Å²) in [4.78, 5) is 12.1. The van der Waals surface area contributed by atoms with E-state index < -0.39 is 10.0 Å². The van der Waals surface area contributed by atoms with Gasteiger partial charge >= 0.3 is 0 Å². The van der Waals surface area contributed by atoms with E-state index in [4.69, 9.17) is 0 Å². The standard InChI is InChI=1S/C18H29N3O3S/c1-3-19-14(2)13-20-18(22)10-11-21-25(23,24)17-9-8-15-6-4-5-7-16(15)12-17/h8-9,12,14,19,21H,3-7,10-11,13H2,1-2H3,(H,20,22)/t14-/m1/s1. The fourth-order valence-corrected chi connectivity index (χ4v) is 4.12. The summed E-state index contributed by atoms with van der Waals surface area (Å²) < 4.78 is 27.3. The molecular weight excluding hydrogens is 338 g/mol. The number of carbonyl (C=O) groups excluding carboxylic acids is 1. The van der Waals surface area contributed by atoms with Gasteiger partial charge in [-0.2, -0.15) is 0 Å². The van der Waals surface area contributed by atoms with Crippen LogP contribution in [0.2, 0.25) is 0 Å². The Morgan fingerprint density at radius 1 is 1.20 bits per heavy atom. The van der Waals surface area contributed by atoms with Gasteiger partial charge in [0.25, 0.3) is 0 Å². The molecule has 3 N–H and O–H groups in total. The smallest absolute Gasteiger partial charge is 0.240 e. The molecule has 1 aliphatic carbocycles. The molecule has 0 aromatic heterocycles. The maximum Gasteiger partial charge on any atom is 0.240 e. The minimum atomic E-state index is -3.57. The predicted octanol–water partition coefficient (Wildman–Crippen LogP) is 1.35. The highest BCUT2D eigenvalue weighted by Crippen LogP contribution is 2.23. The Kier molecular flexibility index (Phi) is 7.40. The summed E-state index contributed by atoms with van der Waals surface area (Å²) in [6.07, 6.45) is 4.36. The van der Waals surface area contributed by atoms with Gasteiger partial charge in [0, 0.05) is 25.6 Å². The number of sulfonamides is 1. The van der Waals surface area contributed by atoms with Crippen molar-refractivity contribution in [1.29, 1.82) is 0 Å². The zero-order valence-corrected chi connectivity index (χ0v) is 15.9. The van der Waals surface area contributed by atoms with Crippen LogP contribution in [0.1, 0.15) is 44.2 Å². The Labute approximate surface area is 150 Å². The van der Waals surface area contributed by atoms with Crippen molar-refractivity contribution in [3.8, 4) is 0 Å². The SMILES string of the molecule is CCN[C@H](C)CNC(=O)CCNS(=O)(=O)c1ccc2c(c1)CCCC2. The number of rotatable bonds is 9. The number of carbonyl (C=O) groups is 1. The van der Waals surface area contributed by atoms with E-state index in [9.17, 15) is 13.2 Å². The third-order valence-electron chi connectivity index (χ3n) is 4.43. The van der Waals surface area contributed by atoms with Gasteiger partial charge in [-0.05, 0) is 62.4 Å². The molecule has 0 saturated carbocycles.